The minimum atomic E-state index is -0.977. The average Bonchev–Trinajstić information content (AvgIpc) is 2.77. The lowest BCUT2D eigenvalue weighted by atomic mass is 9.96. The highest BCUT2D eigenvalue weighted by atomic mass is 127. The van der Waals surface area contributed by atoms with Gasteiger partial charge in [0.05, 0.1) is 26.3 Å². The van der Waals surface area contributed by atoms with Gasteiger partial charge in [0.25, 0.3) is 0 Å². The molecule has 1 fully saturated rings. The highest BCUT2D eigenvalue weighted by Crippen LogP contribution is 2.19. The molecule has 170 valence electrons. The van der Waals surface area contributed by atoms with Crippen molar-refractivity contribution in [2.24, 2.45) is 4.99 Å². The number of morpholine rings is 1. The van der Waals surface area contributed by atoms with E-state index in [1.807, 2.05) is 44.2 Å². The number of rotatable bonds is 8. The highest BCUT2D eigenvalue weighted by molar-refractivity contribution is 14.0. The fourth-order valence-corrected chi connectivity index (χ4v) is 3.51. The zero-order valence-corrected chi connectivity index (χ0v) is 20.8. The van der Waals surface area contributed by atoms with Crippen molar-refractivity contribution in [3.05, 3.63) is 71.3 Å². The van der Waals surface area contributed by atoms with E-state index in [0.29, 0.717) is 19.0 Å². The normalized spacial score (nSPS) is 16.8. The summed E-state index contributed by atoms with van der Waals surface area (Å²) in [6.07, 6.45) is 0. The molecule has 2 aromatic carbocycles. The Balaban J connectivity index is 0.00000341. The largest absolute Gasteiger partial charge is 0.384 e. The van der Waals surface area contributed by atoms with Crippen LogP contribution in [0.25, 0.3) is 0 Å². The topological polar surface area (TPSA) is 69.1 Å². The van der Waals surface area contributed by atoms with Crippen LogP contribution in [0.3, 0.4) is 0 Å². The molecule has 3 rings (SSSR count). The van der Waals surface area contributed by atoms with E-state index in [-0.39, 0.29) is 24.0 Å². The molecule has 0 saturated carbocycles. The lowest BCUT2D eigenvalue weighted by Crippen LogP contribution is -2.44. The van der Waals surface area contributed by atoms with Crippen molar-refractivity contribution in [1.82, 2.24) is 15.5 Å². The number of ether oxygens (including phenoxy) is 1. The van der Waals surface area contributed by atoms with Gasteiger partial charge in [-0.2, -0.15) is 0 Å². The monoisotopic (exact) mass is 538 g/mol. The van der Waals surface area contributed by atoms with E-state index >= 15 is 0 Å². The number of aliphatic hydroxyl groups is 1. The molecule has 1 heterocycles. The molecule has 6 nitrogen and oxygen atoms in total. The third-order valence-electron chi connectivity index (χ3n) is 5.26. The summed E-state index contributed by atoms with van der Waals surface area (Å²) in [4.78, 5) is 7.14. The number of guanidine groups is 1. The summed E-state index contributed by atoms with van der Waals surface area (Å²) in [6, 6.07) is 18.3. The van der Waals surface area contributed by atoms with Gasteiger partial charge in [0.1, 0.15) is 5.60 Å². The molecule has 2 aromatic rings. The van der Waals surface area contributed by atoms with Crippen LogP contribution in [0.1, 0.15) is 30.5 Å². The predicted octanol–water partition coefficient (Wildman–Crippen LogP) is 3.10. The first-order valence-electron chi connectivity index (χ1n) is 10.7. The summed E-state index contributed by atoms with van der Waals surface area (Å²) in [5, 5.41) is 17.4. The molecule has 0 aliphatic carbocycles. The van der Waals surface area contributed by atoms with Gasteiger partial charge in [-0.25, -0.2) is 4.99 Å². The Hall–Kier alpha value is -1.68. The van der Waals surface area contributed by atoms with Crippen LogP contribution in [-0.2, 0) is 23.4 Å². The lowest BCUT2D eigenvalue weighted by molar-refractivity contribution is 0.0342. The second-order valence-corrected chi connectivity index (χ2v) is 7.90. The highest BCUT2D eigenvalue weighted by Gasteiger charge is 2.22. The summed E-state index contributed by atoms with van der Waals surface area (Å²) < 4.78 is 5.43. The Labute approximate surface area is 203 Å². The van der Waals surface area contributed by atoms with Crippen molar-refractivity contribution in [3.63, 3.8) is 0 Å². The Morgan fingerprint density at radius 2 is 1.77 bits per heavy atom. The second-order valence-electron chi connectivity index (χ2n) is 7.90. The number of aliphatic imine (C=N–C) groups is 1. The quantitative estimate of drug-likeness (QED) is 0.274. The maximum absolute atomic E-state index is 10.8. The smallest absolute Gasteiger partial charge is 0.191 e. The zero-order valence-electron chi connectivity index (χ0n) is 18.5. The van der Waals surface area contributed by atoms with Crippen molar-refractivity contribution < 1.29 is 9.84 Å². The average molecular weight is 538 g/mol. The summed E-state index contributed by atoms with van der Waals surface area (Å²) in [6.45, 7) is 10.1. The molecule has 1 saturated heterocycles. The van der Waals surface area contributed by atoms with Gasteiger partial charge < -0.3 is 20.5 Å². The molecule has 1 aliphatic heterocycles. The Morgan fingerprint density at radius 1 is 1.06 bits per heavy atom. The van der Waals surface area contributed by atoms with Crippen LogP contribution in [0.4, 0.5) is 0 Å². The van der Waals surface area contributed by atoms with Gasteiger partial charge in [0, 0.05) is 26.2 Å². The Kier molecular flexibility index (Phi) is 10.7. The fraction of sp³-hybridized carbons (Fsp3) is 0.458. The molecule has 0 aromatic heterocycles. The summed E-state index contributed by atoms with van der Waals surface area (Å²) >= 11 is 0. The number of nitrogens with zero attached hydrogens (tertiary/aromatic N) is 2. The number of hydrogen-bond donors (Lipinski definition) is 3. The van der Waals surface area contributed by atoms with Gasteiger partial charge >= 0.3 is 0 Å². The van der Waals surface area contributed by atoms with Crippen molar-refractivity contribution >= 4 is 29.9 Å². The van der Waals surface area contributed by atoms with Crippen LogP contribution in [0.5, 0.6) is 0 Å². The van der Waals surface area contributed by atoms with Gasteiger partial charge in [0.15, 0.2) is 5.96 Å². The molecule has 1 unspecified atom stereocenters. The standard InChI is InChI=1S/C24H34N4O2.HI/c1-3-25-23(27-19-24(2,29)22-10-5-4-6-11-22)26-17-20-8-7-9-21(16-20)18-28-12-14-30-15-13-28;/h4-11,16,29H,3,12-15,17-19H2,1-2H3,(H2,25,26,27);1H. The van der Waals surface area contributed by atoms with Gasteiger partial charge in [-0.05, 0) is 30.5 Å². The van der Waals surface area contributed by atoms with Crippen molar-refractivity contribution in [2.45, 2.75) is 32.5 Å². The van der Waals surface area contributed by atoms with E-state index in [9.17, 15) is 5.11 Å². The molecule has 0 bridgehead atoms. The van der Waals surface area contributed by atoms with Gasteiger partial charge in [-0.15, -0.1) is 24.0 Å². The first-order chi connectivity index (χ1) is 14.6. The van der Waals surface area contributed by atoms with E-state index in [0.717, 1.165) is 45.0 Å². The van der Waals surface area contributed by atoms with E-state index in [1.54, 1.807) is 0 Å². The minimum absolute atomic E-state index is 0. The number of nitrogens with one attached hydrogen (secondary N) is 2. The van der Waals surface area contributed by atoms with Crippen molar-refractivity contribution in [1.29, 1.82) is 0 Å². The third kappa shape index (κ3) is 8.40. The molecule has 3 N–H and O–H groups in total. The summed E-state index contributed by atoms with van der Waals surface area (Å²) in [7, 11) is 0. The molecule has 7 heteroatoms. The van der Waals surface area contributed by atoms with Crippen LogP contribution in [0.15, 0.2) is 59.6 Å². The SMILES string of the molecule is CCNC(=NCc1cccc(CN2CCOCC2)c1)NCC(C)(O)c1ccccc1.I. The molecular formula is C24H35IN4O2. The van der Waals surface area contributed by atoms with Gasteiger partial charge in [0.2, 0.25) is 0 Å². The summed E-state index contributed by atoms with van der Waals surface area (Å²) in [5.74, 6) is 0.701. The fourth-order valence-electron chi connectivity index (χ4n) is 3.51. The maximum atomic E-state index is 10.8. The van der Waals surface area contributed by atoms with Crippen LogP contribution >= 0.6 is 24.0 Å². The van der Waals surface area contributed by atoms with Crippen LogP contribution < -0.4 is 10.6 Å². The Bertz CT molecular complexity index is 808. The van der Waals surface area contributed by atoms with Crippen LogP contribution in [0, 0.1) is 0 Å². The van der Waals surface area contributed by atoms with E-state index in [4.69, 9.17) is 9.73 Å². The van der Waals surface area contributed by atoms with E-state index in [2.05, 4.69) is 39.8 Å². The first-order valence-corrected chi connectivity index (χ1v) is 10.7. The maximum Gasteiger partial charge on any atom is 0.191 e. The number of halogens is 1. The van der Waals surface area contributed by atoms with Gasteiger partial charge in [-0.3, -0.25) is 4.90 Å². The van der Waals surface area contributed by atoms with Crippen molar-refractivity contribution in [3.8, 4) is 0 Å². The zero-order chi connectivity index (χ0) is 21.2. The van der Waals surface area contributed by atoms with E-state index < -0.39 is 5.60 Å². The Morgan fingerprint density at radius 3 is 2.48 bits per heavy atom. The van der Waals surface area contributed by atoms with Crippen molar-refractivity contribution in [2.75, 3.05) is 39.4 Å². The van der Waals surface area contributed by atoms with Gasteiger partial charge in [-0.1, -0.05) is 54.6 Å². The molecule has 31 heavy (non-hydrogen) atoms. The van der Waals surface area contributed by atoms with Crippen LogP contribution in [0.2, 0.25) is 0 Å². The molecule has 0 spiro atoms. The molecule has 1 atom stereocenters. The lowest BCUT2D eigenvalue weighted by Gasteiger charge is -2.26. The van der Waals surface area contributed by atoms with E-state index in [1.165, 1.54) is 11.1 Å². The minimum Gasteiger partial charge on any atom is -0.384 e. The number of benzene rings is 2. The summed E-state index contributed by atoms with van der Waals surface area (Å²) in [5.41, 5.74) is 2.38. The predicted molar refractivity (Wildman–Crippen MR) is 137 cm³/mol. The number of hydrogen-bond acceptors (Lipinski definition) is 4. The molecular weight excluding hydrogens is 503 g/mol. The molecule has 0 amide bonds. The second kappa shape index (κ2) is 13.0. The third-order valence-corrected chi connectivity index (χ3v) is 5.26. The molecule has 0 radical (unpaired) electrons. The van der Waals surface area contributed by atoms with Crippen LogP contribution in [-0.4, -0.2) is 55.4 Å². The molecule has 1 aliphatic rings. The first kappa shape index (κ1) is 25.6.